The zero-order valence-corrected chi connectivity index (χ0v) is 13.8. The molecular formula is C19H14F2N4O. The summed E-state index contributed by atoms with van der Waals surface area (Å²) in [6.07, 6.45) is 2.22. The maximum Gasteiger partial charge on any atom is 0.231 e. The van der Waals surface area contributed by atoms with Crippen LogP contribution in [0.2, 0.25) is 0 Å². The second-order valence-corrected chi connectivity index (χ2v) is 6.34. The van der Waals surface area contributed by atoms with Crippen LogP contribution in [0.3, 0.4) is 0 Å². The van der Waals surface area contributed by atoms with Gasteiger partial charge in [0.2, 0.25) is 11.6 Å². The summed E-state index contributed by atoms with van der Waals surface area (Å²) in [5.74, 6) is -1.47. The van der Waals surface area contributed by atoms with Gasteiger partial charge in [0.25, 0.3) is 0 Å². The summed E-state index contributed by atoms with van der Waals surface area (Å²) >= 11 is 0. The summed E-state index contributed by atoms with van der Waals surface area (Å²) in [4.78, 5) is 19.3. The van der Waals surface area contributed by atoms with Crippen molar-refractivity contribution in [3.05, 3.63) is 53.9 Å². The quantitative estimate of drug-likeness (QED) is 0.717. The maximum absolute atomic E-state index is 14.8. The fourth-order valence-electron chi connectivity index (χ4n) is 3.01. The maximum atomic E-state index is 14.8. The highest BCUT2D eigenvalue weighted by Gasteiger charge is 2.43. The number of alkyl halides is 1. The van der Waals surface area contributed by atoms with E-state index in [0.717, 1.165) is 0 Å². The molecule has 2 unspecified atom stereocenters. The summed E-state index contributed by atoms with van der Waals surface area (Å²) < 4.78 is 29.6. The average molecular weight is 352 g/mol. The third-order valence-corrected chi connectivity index (χ3v) is 4.57. The molecule has 1 amide bonds. The van der Waals surface area contributed by atoms with Crippen molar-refractivity contribution in [3.8, 4) is 11.3 Å². The van der Waals surface area contributed by atoms with E-state index in [4.69, 9.17) is 6.57 Å². The number of halogens is 2. The van der Waals surface area contributed by atoms with Crippen LogP contribution in [0.25, 0.3) is 26.9 Å². The van der Waals surface area contributed by atoms with Gasteiger partial charge in [-0.05, 0) is 30.0 Å². The van der Waals surface area contributed by atoms with E-state index in [1.807, 2.05) is 19.3 Å². The Labute approximate surface area is 148 Å². The second-order valence-electron chi connectivity index (χ2n) is 6.34. The van der Waals surface area contributed by atoms with E-state index in [9.17, 15) is 13.6 Å². The van der Waals surface area contributed by atoms with Crippen LogP contribution in [-0.2, 0) is 11.8 Å². The first-order chi connectivity index (χ1) is 12.5. The van der Waals surface area contributed by atoms with Gasteiger partial charge in [0.1, 0.15) is 17.8 Å². The first-order valence-corrected chi connectivity index (χ1v) is 8.06. The third-order valence-electron chi connectivity index (χ3n) is 4.57. The van der Waals surface area contributed by atoms with Crippen LogP contribution in [0.4, 0.5) is 20.3 Å². The number of nitrogens with one attached hydrogen (secondary N) is 1. The predicted molar refractivity (Wildman–Crippen MR) is 94.0 cm³/mol. The van der Waals surface area contributed by atoms with E-state index >= 15 is 0 Å². The number of aryl methyl sites for hydroxylation is 1. The number of hydrogen-bond donors (Lipinski definition) is 1. The Hall–Kier alpha value is -3.27. The molecular weight excluding hydrogens is 338 g/mol. The van der Waals surface area contributed by atoms with E-state index in [1.54, 1.807) is 16.7 Å². The molecule has 1 fully saturated rings. The van der Waals surface area contributed by atoms with Crippen LogP contribution in [0, 0.1) is 18.3 Å². The van der Waals surface area contributed by atoms with Crippen LogP contribution in [0.1, 0.15) is 6.42 Å². The average Bonchev–Trinajstić information content (AvgIpc) is 3.20. The number of carbonyl (C=O) groups is 1. The molecule has 0 spiro atoms. The minimum Gasteiger partial charge on any atom is -0.352 e. The molecule has 130 valence electrons. The number of carbonyl (C=O) groups excluding carboxylic acids is 1. The fourth-order valence-corrected chi connectivity index (χ4v) is 3.01. The van der Waals surface area contributed by atoms with Gasteiger partial charge in [-0.3, -0.25) is 4.79 Å². The van der Waals surface area contributed by atoms with Gasteiger partial charge < -0.3 is 9.88 Å². The molecule has 1 N–H and O–H groups in total. The molecule has 7 heteroatoms. The van der Waals surface area contributed by atoms with E-state index < -0.39 is 23.8 Å². The number of rotatable bonds is 3. The van der Waals surface area contributed by atoms with Crippen molar-refractivity contribution in [2.75, 3.05) is 5.32 Å². The van der Waals surface area contributed by atoms with Crippen LogP contribution in [0.5, 0.6) is 0 Å². The lowest BCUT2D eigenvalue weighted by atomic mass is 10.0. The molecule has 1 saturated carbocycles. The topological polar surface area (TPSA) is 51.3 Å². The van der Waals surface area contributed by atoms with Gasteiger partial charge in [0.15, 0.2) is 0 Å². The van der Waals surface area contributed by atoms with Crippen molar-refractivity contribution < 1.29 is 13.6 Å². The number of amides is 1. The number of nitrogens with zero attached hydrogens (tertiary/aromatic N) is 3. The molecule has 1 aliphatic carbocycles. The minimum atomic E-state index is -1.10. The number of hydrogen-bond acceptors (Lipinski definition) is 2. The number of anilines is 1. The monoisotopic (exact) mass is 352 g/mol. The Morgan fingerprint density at radius 3 is 2.85 bits per heavy atom. The zero-order valence-electron chi connectivity index (χ0n) is 13.8. The first-order valence-electron chi connectivity index (χ1n) is 8.06. The Bertz CT molecular complexity index is 1080. The van der Waals surface area contributed by atoms with Gasteiger partial charge in [-0.15, -0.1) is 0 Å². The highest BCUT2D eigenvalue weighted by Crippen LogP contribution is 2.38. The molecule has 2 atom stereocenters. The molecule has 0 saturated heterocycles. The predicted octanol–water partition coefficient (Wildman–Crippen LogP) is 4.23. The molecule has 4 rings (SSSR count). The van der Waals surface area contributed by atoms with E-state index in [-0.39, 0.29) is 23.3 Å². The van der Waals surface area contributed by atoms with Crippen LogP contribution >= 0.6 is 0 Å². The van der Waals surface area contributed by atoms with Gasteiger partial charge in [-0.2, -0.15) is 0 Å². The van der Waals surface area contributed by atoms with Gasteiger partial charge in [0.05, 0.1) is 12.5 Å². The first kappa shape index (κ1) is 16.2. The molecule has 0 aliphatic heterocycles. The summed E-state index contributed by atoms with van der Waals surface area (Å²) in [6, 6.07) is 6.85. The summed E-state index contributed by atoms with van der Waals surface area (Å²) in [5, 5.41) is 3.26. The van der Waals surface area contributed by atoms with Crippen molar-refractivity contribution in [3.63, 3.8) is 0 Å². The van der Waals surface area contributed by atoms with Crippen LogP contribution in [0.15, 0.2) is 36.7 Å². The Morgan fingerprint density at radius 1 is 1.46 bits per heavy atom. The molecule has 0 radical (unpaired) electrons. The van der Waals surface area contributed by atoms with Crippen molar-refractivity contribution in [2.24, 2.45) is 13.0 Å². The van der Waals surface area contributed by atoms with Crippen molar-refractivity contribution in [1.29, 1.82) is 0 Å². The lowest BCUT2D eigenvalue weighted by Crippen LogP contribution is -2.15. The molecule has 1 aromatic carbocycles. The Balaban J connectivity index is 1.81. The third kappa shape index (κ3) is 2.60. The van der Waals surface area contributed by atoms with Gasteiger partial charge >= 0.3 is 0 Å². The van der Waals surface area contributed by atoms with Gasteiger partial charge in [-0.25, -0.2) is 18.6 Å². The summed E-state index contributed by atoms with van der Waals surface area (Å²) in [6.45, 7) is 7.34. The largest absolute Gasteiger partial charge is 0.352 e. The molecule has 3 aromatic rings. The highest BCUT2D eigenvalue weighted by atomic mass is 19.1. The van der Waals surface area contributed by atoms with Crippen molar-refractivity contribution in [2.45, 2.75) is 12.6 Å². The lowest BCUT2D eigenvalue weighted by molar-refractivity contribution is -0.117. The highest BCUT2D eigenvalue weighted by molar-refractivity contribution is 5.98. The standard InChI is InChI=1S/C19H14F2N4O/c1-22-18-12(15-4-3-5-25(15)2)6-10-7-16(23-9-13(10)17(18)21)24-19(26)11-8-14(11)20/h3-7,9,11,14H,8H2,2H3,(H,23,24,26). The number of fused-ring (bicyclic) bond motifs is 1. The van der Waals surface area contributed by atoms with Gasteiger partial charge in [0, 0.05) is 36.1 Å². The minimum absolute atomic E-state index is 0.0730. The molecule has 2 heterocycles. The summed E-state index contributed by atoms with van der Waals surface area (Å²) in [5.41, 5.74) is 1.10. The molecule has 0 bridgehead atoms. The Morgan fingerprint density at radius 2 is 2.23 bits per heavy atom. The molecule has 5 nitrogen and oxygen atoms in total. The van der Waals surface area contributed by atoms with Crippen LogP contribution in [-0.4, -0.2) is 21.6 Å². The van der Waals surface area contributed by atoms with Gasteiger partial charge in [-0.1, -0.05) is 6.07 Å². The fraction of sp³-hybridized carbons (Fsp3) is 0.211. The van der Waals surface area contributed by atoms with Crippen molar-refractivity contribution >= 4 is 28.2 Å². The molecule has 26 heavy (non-hydrogen) atoms. The van der Waals surface area contributed by atoms with E-state index in [1.165, 1.54) is 12.3 Å². The van der Waals surface area contributed by atoms with Crippen molar-refractivity contribution in [1.82, 2.24) is 9.55 Å². The lowest BCUT2D eigenvalue weighted by Gasteiger charge is -2.11. The molecule has 1 aliphatic rings. The van der Waals surface area contributed by atoms with Crippen LogP contribution < -0.4 is 5.32 Å². The Kier molecular flexibility index (Phi) is 3.69. The number of pyridine rings is 1. The van der Waals surface area contributed by atoms with E-state index in [2.05, 4.69) is 15.1 Å². The normalized spacial score (nSPS) is 18.5. The summed E-state index contributed by atoms with van der Waals surface area (Å²) in [7, 11) is 1.81. The number of aromatic nitrogens is 2. The molecule has 2 aromatic heterocycles. The SMILES string of the molecule is [C-]#[N+]c1c(-c2cccn2C)cc2cc(NC(=O)C3CC3F)ncc2c1F. The number of benzene rings is 1. The smallest absolute Gasteiger partial charge is 0.231 e. The zero-order chi connectivity index (χ0) is 18.4. The van der Waals surface area contributed by atoms with E-state index in [0.29, 0.717) is 16.6 Å². The second kappa shape index (κ2) is 5.92.